The summed E-state index contributed by atoms with van der Waals surface area (Å²) in [6, 6.07) is 0. The minimum Gasteiger partial charge on any atom is -0.444 e. The largest absolute Gasteiger partial charge is 0.444 e. The molecule has 1 saturated heterocycles. The molecule has 100 valence electrons. The van der Waals surface area contributed by atoms with Crippen molar-refractivity contribution in [2.24, 2.45) is 5.73 Å². The Kier molecular flexibility index (Phi) is 4.38. The Morgan fingerprint density at radius 1 is 1.47 bits per heavy atom. The second kappa shape index (κ2) is 5.23. The van der Waals surface area contributed by atoms with Gasteiger partial charge in [0.1, 0.15) is 5.60 Å². The third-order valence-corrected chi connectivity index (χ3v) is 3.00. The van der Waals surface area contributed by atoms with Gasteiger partial charge in [-0.25, -0.2) is 4.79 Å². The third-order valence-electron chi connectivity index (χ3n) is 3.00. The van der Waals surface area contributed by atoms with Crippen LogP contribution in [0.4, 0.5) is 4.79 Å². The number of methoxy groups -OCH3 is 1. The number of nitrogens with zero attached hydrogens (tertiary/aromatic N) is 1. The van der Waals surface area contributed by atoms with Gasteiger partial charge >= 0.3 is 6.09 Å². The van der Waals surface area contributed by atoms with Crippen LogP contribution in [0.15, 0.2) is 0 Å². The van der Waals surface area contributed by atoms with E-state index < -0.39 is 5.60 Å². The number of hydrogen-bond acceptors (Lipinski definition) is 4. The Morgan fingerprint density at radius 3 is 2.59 bits per heavy atom. The Hall–Kier alpha value is -0.810. The van der Waals surface area contributed by atoms with E-state index in [1.54, 1.807) is 12.0 Å². The molecule has 1 heterocycles. The van der Waals surface area contributed by atoms with Crippen molar-refractivity contribution in [2.45, 2.75) is 44.8 Å². The number of nitrogens with two attached hydrogens (primary N) is 1. The van der Waals surface area contributed by atoms with Gasteiger partial charge in [0.15, 0.2) is 0 Å². The molecule has 0 spiro atoms. The summed E-state index contributed by atoms with van der Waals surface area (Å²) in [5, 5.41) is 0. The minimum absolute atomic E-state index is 0.270. The molecule has 1 atom stereocenters. The van der Waals surface area contributed by atoms with E-state index in [9.17, 15) is 4.79 Å². The van der Waals surface area contributed by atoms with E-state index in [-0.39, 0.29) is 11.7 Å². The fraction of sp³-hybridized carbons (Fsp3) is 0.917. The standard InChI is InChI=1S/C12H24N2O3/c1-11(2,3)17-10(15)14-8-6-12(9-14,16-4)5-7-13/h5-9,13H2,1-4H3. The number of carbonyl (C=O) groups is 1. The lowest BCUT2D eigenvalue weighted by Crippen LogP contribution is -2.41. The highest BCUT2D eigenvalue weighted by Gasteiger charge is 2.40. The van der Waals surface area contributed by atoms with Crippen LogP contribution in [0.3, 0.4) is 0 Å². The quantitative estimate of drug-likeness (QED) is 0.814. The summed E-state index contributed by atoms with van der Waals surface area (Å²) in [6.07, 6.45) is 1.32. The number of amides is 1. The van der Waals surface area contributed by atoms with Gasteiger partial charge in [0.25, 0.3) is 0 Å². The lowest BCUT2D eigenvalue weighted by Gasteiger charge is -2.28. The molecule has 0 aromatic heterocycles. The highest BCUT2D eigenvalue weighted by Crippen LogP contribution is 2.28. The SMILES string of the molecule is COC1(CCN)CCN(C(=O)OC(C)(C)C)C1. The lowest BCUT2D eigenvalue weighted by atomic mass is 9.99. The highest BCUT2D eigenvalue weighted by molar-refractivity contribution is 5.68. The average Bonchev–Trinajstić information content (AvgIpc) is 2.61. The molecule has 1 rings (SSSR count). The zero-order valence-electron chi connectivity index (χ0n) is 11.3. The Bertz CT molecular complexity index is 275. The maximum atomic E-state index is 11.9. The minimum atomic E-state index is -0.455. The molecule has 5 heteroatoms. The molecule has 1 aliphatic rings. The molecule has 0 aromatic rings. The average molecular weight is 244 g/mol. The molecule has 0 saturated carbocycles. The number of likely N-dealkylation sites (tertiary alicyclic amines) is 1. The molecule has 1 unspecified atom stereocenters. The second-order valence-electron chi connectivity index (χ2n) is 5.58. The molecule has 0 aromatic carbocycles. The van der Waals surface area contributed by atoms with Crippen LogP contribution >= 0.6 is 0 Å². The first kappa shape index (κ1) is 14.3. The van der Waals surface area contributed by atoms with Crippen molar-refractivity contribution in [3.8, 4) is 0 Å². The van der Waals surface area contributed by atoms with Crippen LogP contribution in [-0.2, 0) is 9.47 Å². The zero-order valence-corrected chi connectivity index (χ0v) is 11.3. The smallest absolute Gasteiger partial charge is 0.410 e. The van der Waals surface area contributed by atoms with Gasteiger partial charge in [-0.05, 0) is 40.2 Å². The molecule has 1 fully saturated rings. The zero-order chi connectivity index (χ0) is 13.1. The summed E-state index contributed by atoms with van der Waals surface area (Å²) in [7, 11) is 1.67. The van der Waals surface area contributed by atoms with E-state index in [0.717, 1.165) is 12.8 Å². The van der Waals surface area contributed by atoms with Gasteiger partial charge in [-0.2, -0.15) is 0 Å². The van der Waals surface area contributed by atoms with Crippen molar-refractivity contribution in [3.05, 3.63) is 0 Å². The van der Waals surface area contributed by atoms with Crippen molar-refractivity contribution < 1.29 is 14.3 Å². The van der Waals surface area contributed by atoms with Crippen molar-refractivity contribution >= 4 is 6.09 Å². The monoisotopic (exact) mass is 244 g/mol. The van der Waals surface area contributed by atoms with E-state index in [2.05, 4.69) is 0 Å². The van der Waals surface area contributed by atoms with Crippen molar-refractivity contribution in [1.82, 2.24) is 4.90 Å². The van der Waals surface area contributed by atoms with E-state index in [0.29, 0.717) is 19.6 Å². The van der Waals surface area contributed by atoms with Gasteiger partial charge in [0.05, 0.1) is 12.1 Å². The summed E-state index contributed by atoms with van der Waals surface area (Å²) >= 11 is 0. The van der Waals surface area contributed by atoms with E-state index >= 15 is 0 Å². The molecule has 0 bridgehead atoms. The summed E-state index contributed by atoms with van der Waals surface area (Å²) < 4.78 is 10.9. The highest BCUT2D eigenvalue weighted by atomic mass is 16.6. The van der Waals surface area contributed by atoms with Crippen molar-refractivity contribution in [2.75, 3.05) is 26.7 Å². The number of rotatable bonds is 3. The van der Waals surface area contributed by atoms with Crippen LogP contribution in [0.1, 0.15) is 33.6 Å². The maximum absolute atomic E-state index is 11.9. The normalized spacial score (nSPS) is 25.1. The molecule has 1 aliphatic heterocycles. The van der Waals surface area contributed by atoms with Gasteiger partial charge < -0.3 is 20.1 Å². The Labute approximate surface area is 103 Å². The molecule has 1 amide bonds. The number of carbonyl (C=O) groups excluding carboxylic acids is 1. The molecule has 2 N–H and O–H groups in total. The number of ether oxygens (including phenoxy) is 2. The van der Waals surface area contributed by atoms with Gasteiger partial charge in [0, 0.05) is 13.7 Å². The van der Waals surface area contributed by atoms with Crippen LogP contribution in [0.25, 0.3) is 0 Å². The van der Waals surface area contributed by atoms with Crippen LogP contribution in [0, 0.1) is 0 Å². The first-order chi connectivity index (χ1) is 7.82. The van der Waals surface area contributed by atoms with Crippen molar-refractivity contribution in [1.29, 1.82) is 0 Å². The van der Waals surface area contributed by atoms with Gasteiger partial charge in [-0.15, -0.1) is 0 Å². The fourth-order valence-electron chi connectivity index (χ4n) is 2.06. The van der Waals surface area contributed by atoms with Gasteiger partial charge in [-0.1, -0.05) is 0 Å². The summed E-state index contributed by atoms with van der Waals surface area (Å²) in [5.74, 6) is 0. The van der Waals surface area contributed by atoms with Crippen LogP contribution in [0.2, 0.25) is 0 Å². The maximum Gasteiger partial charge on any atom is 0.410 e. The first-order valence-electron chi connectivity index (χ1n) is 6.05. The summed E-state index contributed by atoms with van der Waals surface area (Å²) in [4.78, 5) is 13.6. The first-order valence-corrected chi connectivity index (χ1v) is 6.05. The van der Waals surface area contributed by atoms with Gasteiger partial charge in [0.2, 0.25) is 0 Å². The molecule has 0 radical (unpaired) electrons. The van der Waals surface area contributed by atoms with Crippen LogP contribution in [0.5, 0.6) is 0 Å². The number of hydrogen-bond donors (Lipinski definition) is 1. The Balaban J connectivity index is 2.57. The third kappa shape index (κ3) is 3.85. The predicted octanol–water partition coefficient (Wildman–Crippen LogP) is 1.36. The fourth-order valence-corrected chi connectivity index (χ4v) is 2.06. The van der Waals surface area contributed by atoms with E-state index in [1.165, 1.54) is 0 Å². The van der Waals surface area contributed by atoms with Crippen LogP contribution < -0.4 is 5.73 Å². The molecule has 0 aliphatic carbocycles. The van der Waals surface area contributed by atoms with Gasteiger partial charge in [-0.3, -0.25) is 0 Å². The summed E-state index contributed by atoms with van der Waals surface area (Å²) in [6.45, 7) is 7.40. The Morgan fingerprint density at radius 2 is 2.12 bits per heavy atom. The van der Waals surface area contributed by atoms with Crippen LogP contribution in [-0.4, -0.2) is 48.9 Å². The molecular formula is C12H24N2O3. The second-order valence-corrected chi connectivity index (χ2v) is 5.58. The predicted molar refractivity (Wildman–Crippen MR) is 65.8 cm³/mol. The van der Waals surface area contributed by atoms with Crippen molar-refractivity contribution in [3.63, 3.8) is 0 Å². The van der Waals surface area contributed by atoms with E-state index in [4.69, 9.17) is 15.2 Å². The molecular weight excluding hydrogens is 220 g/mol. The lowest BCUT2D eigenvalue weighted by molar-refractivity contribution is -0.0133. The summed E-state index contributed by atoms with van der Waals surface area (Å²) in [5.41, 5.74) is 4.84. The molecule has 17 heavy (non-hydrogen) atoms. The topological polar surface area (TPSA) is 64.8 Å². The molecule has 5 nitrogen and oxygen atoms in total. The van der Waals surface area contributed by atoms with E-state index in [1.807, 2.05) is 20.8 Å².